The van der Waals surface area contributed by atoms with Crippen LogP contribution in [0, 0.1) is 5.82 Å². The van der Waals surface area contributed by atoms with E-state index in [2.05, 4.69) is 17.1 Å². The normalized spacial score (nSPS) is 20.2. The zero-order valence-corrected chi connectivity index (χ0v) is 11.5. The molecule has 0 aliphatic carbocycles. The van der Waals surface area contributed by atoms with Gasteiger partial charge in [0.05, 0.1) is 0 Å². The van der Waals surface area contributed by atoms with Crippen LogP contribution < -0.4 is 5.32 Å². The minimum absolute atomic E-state index is 0. The number of benzene rings is 1. The van der Waals surface area contributed by atoms with Gasteiger partial charge in [0.1, 0.15) is 5.82 Å². The second-order valence-electron chi connectivity index (χ2n) is 4.22. The predicted molar refractivity (Wildman–Crippen MR) is 73.6 cm³/mol. The van der Waals surface area contributed by atoms with Crippen molar-refractivity contribution in [3.8, 4) is 0 Å². The molecule has 1 atom stereocenters. The minimum atomic E-state index is -0.160. The van der Waals surface area contributed by atoms with Gasteiger partial charge in [-0.25, -0.2) is 4.39 Å². The zero-order valence-electron chi connectivity index (χ0n) is 9.86. The molecule has 1 aromatic carbocycles. The minimum Gasteiger partial charge on any atom is -0.312 e. The highest BCUT2D eigenvalue weighted by Gasteiger charge is 2.15. The van der Waals surface area contributed by atoms with Crippen molar-refractivity contribution in [2.45, 2.75) is 19.5 Å². The molecule has 1 saturated heterocycles. The Bertz CT molecular complexity index is 319. The maximum atomic E-state index is 12.7. The summed E-state index contributed by atoms with van der Waals surface area (Å²) in [5.74, 6) is -0.160. The molecule has 1 unspecified atom stereocenters. The molecule has 2 rings (SSSR count). The molecule has 0 amide bonds. The van der Waals surface area contributed by atoms with Crippen molar-refractivity contribution in [3.05, 3.63) is 35.6 Å². The van der Waals surface area contributed by atoms with E-state index in [-0.39, 0.29) is 30.6 Å². The highest BCUT2D eigenvalue weighted by Crippen LogP contribution is 2.08. The quantitative estimate of drug-likeness (QED) is 0.896. The molecule has 98 valence electrons. The van der Waals surface area contributed by atoms with Gasteiger partial charge in [0, 0.05) is 32.2 Å². The number of rotatable bonds is 2. The first-order chi connectivity index (χ1) is 7.24. The van der Waals surface area contributed by atoms with Crippen molar-refractivity contribution in [1.82, 2.24) is 10.2 Å². The molecule has 2 nitrogen and oxygen atoms in total. The Balaban J connectivity index is 0.00000128. The molecule has 0 saturated carbocycles. The standard InChI is InChI=1S/C12H17FN2.2ClH/c1-10-8-15(7-6-14-10)9-11-2-4-12(13)5-3-11;;/h2-5,10,14H,6-9H2,1H3;2*1H. The molecule has 1 aliphatic rings. The maximum absolute atomic E-state index is 12.7. The molecule has 0 radical (unpaired) electrons. The second kappa shape index (κ2) is 7.88. The largest absolute Gasteiger partial charge is 0.312 e. The Morgan fingerprint density at radius 3 is 2.53 bits per heavy atom. The molecule has 1 fully saturated rings. The van der Waals surface area contributed by atoms with E-state index in [1.165, 1.54) is 17.7 Å². The van der Waals surface area contributed by atoms with Crippen molar-refractivity contribution in [2.24, 2.45) is 0 Å². The lowest BCUT2D eigenvalue weighted by Crippen LogP contribution is -2.48. The first-order valence-corrected chi connectivity index (χ1v) is 5.44. The fourth-order valence-corrected chi connectivity index (χ4v) is 2.00. The van der Waals surface area contributed by atoms with Gasteiger partial charge in [-0.3, -0.25) is 4.90 Å². The van der Waals surface area contributed by atoms with Crippen LogP contribution in [0.5, 0.6) is 0 Å². The van der Waals surface area contributed by atoms with Crippen LogP contribution in [-0.2, 0) is 6.54 Å². The zero-order chi connectivity index (χ0) is 10.7. The lowest BCUT2D eigenvalue weighted by atomic mass is 10.1. The summed E-state index contributed by atoms with van der Waals surface area (Å²) in [4.78, 5) is 2.40. The SMILES string of the molecule is CC1CN(Cc2ccc(F)cc2)CCN1.Cl.Cl. The average Bonchev–Trinajstić information content (AvgIpc) is 2.22. The molecule has 0 spiro atoms. The molecular formula is C12H19Cl2FN2. The molecular weight excluding hydrogens is 262 g/mol. The number of nitrogens with zero attached hydrogens (tertiary/aromatic N) is 1. The number of piperazine rings is 1. The van der Waals surface area contributed by atoms with Gasteiger partial charge in [-0.1, -0.05) is 12.1 Å². The van der Waals surface area contributed by atoms with Crippen molar-refractivity contribution in [3.63, 3.8) is 0 Å². The summed E-state index contributed by atoms with van der Waals surface area (Å²) in [7, 11) is 0. The maximum Gasteiger partial charge on any atom is 0.123 e. The highest BCUT2D eigenvalue weighted by atomic mass is 35.5. The molecule has 0 aromatic heterocycles. The van der Waals surface area contributed by atoms with Crippen LogP contribution in [-0.4, -0.2) is 30.6 Å². The third-order valence-electron chi connectivity index (χ3n) is 2.77. The van der Waals surface area contributed by atoms with Crippen molar-refractivity contribution < 1.29 is 4.39 Å². The van der Waals surface area contributed by atoms with Gasteiger partial charge in [0.2, 0.25) is 0 Å². The van der Waals surface area contributed by atoms with E-state index in [1.54, 1.807) is 0 Å². The summed E-state index contributed by atoms with van der Waals surface area (Å²) >= 11 is 0. The molecule has 1 N–H and O–H groups in total. The summed E-state index contributed by atoms with van der Waals surface area (Å²) in [5, 5.41) is 3.41. The van der Waals surface area contributed by atoms with Gasteiger partial charge in [-0.15, -0.1) is 24.8 Å². The van der Waals surface area contributed by atoms with Crippen molar-refractivity contribution >= 4 is 24.8 Å². The second-order valence-corrected chi connectivity index (χ2v) is 4.22. The Kier molecular flexibility index (Phi) is 7.71. The fourth-order valence-electron chi connectivity index (χ4n) is 2.00. The molecule has 5 heteroatoms. The summed E-state index contributed by atoms with van der Waals surface area (Å²) in [6.07, 6.45) is 0. The lowest BCUT2D eigenvalue weighted by molar-refractivity contribution is 0.199. The van der Waals surface area contributed by atoms with Crippen LogP contribution >= 0.6 is 24.8 Å². The van der Waals surface area contributed by atoms with Crippen LogP contribution in [0.3, 0.4) is 0 Å². The smallest absolute Gasteiger partial charge is 0.123 e. The van der Waals surface area contributed by atoms with Crippen LogP contribution in [0.1, 0.15) is 12.5 Å². The van der Waals surface area contributed by atoms with Crippen LogP contribution in [0.25, 0.3) is 0 Å². The Morgan fingerprint density at radius 2 is 1.94 bits per heavy atom. The first kappa shape index (κ1) is 16.6. The van der Waals surface area contributed by atoms with E-state index in [0.29, 0.717) is 6.04 Å². The van der Waals surface area contributed by atoms with Gasteiger partial charge < -0.3 is 5.32 Å². The van der Waals surface area contributed by atoms with Gasteiger partial charge in [-0.2, -0.15) is 0 Å². The topological polar surface area (TPSA) is 15.3 Å². The fraction of sp³-hybridized carbons (Fsp3) is 0.500. The summed E-state index contributed by atoms with van der Waals surface area (Å²) in [6.45, 7) is 6.30. The van der Waals surface area contributed by atoms with E-state index >= 15 is 0 Å². The highest BCUT2D eigenvalue weighted by molar-refractivity contribution is 5.85. The third-order valence-corrected chi connectivity index (χ3v) is 2.77. The van der Waals surface area contributed by atoms with E-state index in [4.69, 9.17) is 0 Å². The van der Waals surface area contributed by atoms with E-state index in [9.17, 15) is 4.39 Å². The third kappa shape index (κ3) is 5.21. The van der Waals surface area contributed by atoms with Crippen LogP contribution in [0.4, 0.5) is 4.39 Å². The Morgan fingerprint density at radius 1 is 1.29 bits per heavy atom. The monoisotopic (exact) mass is 280 g/mol. The van der Waals surface area contributed by atoms with Gasteiger partial charge in [0.25, 0.3) is 0 Å². The summed E-state index contributed by atoms with van der Waals surface area (Å²) in [6, 6.07) is 7.34. The van der Waals surface area contributed by atoms with Crippen LogP contribution in [0.2, 0.25) is 0 Å². The number of nitrogens with one attached hydrogen (secondary N) is 1. The van der Waals surface area contributed by atoms with Crippen molar-refractivity contribution in [1.29, 1.82) is 0 Å². The summed E-state index contributed by atoms with van der Waals surface area (Å²) in [5.41, 5.74) is 1.19. The Hall–Kier alpha value is -0.350. The van der Waals surface area contributed by atoms with Gasteiger partial charge in [0.15, 0.2) is 0 Å². The molecule has 1 heterocycles. The molecule has 17 heavy (non-hydrogen) atoms. The summed E-state index contributed by atoms with van der Waals surface area (Å²) < 4.78 is 12.7. The predicted octanol–water partition coefficient (Wildman–Crippen LogP) is 2.46. The lowest BCUT2D eigenvalue weighted by Gasteiger charge is -2.31. The average molecular weight is 281 g/mol. The van der Waals surface area contributed by atoms with Crippen LogP contribution in [0.15, 0.2) is 24.3 Å². The van der Waals surface area contributed by atoms with Gasteiger partial charge >= 0.3 is 0 Å². The number of hydrogen-bond acceptors (Lipinski definition) is 2. The number of halogens is 3. The van der Waals surface area contributed by atoms with E-state index in [1.807, 2.05) is 12.1 Å². The molecule has 1 aliphatic heterocycles. The first-order valence-electron chi connectivity index (χ1n) is 5.44. The molecule has 0 bridgehead atoms. The van der Waals surface area contributed by atoms with E-state index in [0.717, 1.165) is 26.2 Å². The van der Waals surface area contributed by atoms with E-state index < -0.39 is 0 Å². The van der Waals surface area contributed by atoms with Crippen molar-refractivity contribution in [2.75, 3.05) is 19.6 Å². The number of hydrogen-bond donors (Lipinski definition) is 1. The van der Waals surface area contributed by atoms with Gasteiger partial charge in [-0.05, 0) is 24.6 Å². The Labute approximate surface area is 114 Å². The molecule has 1 aromatic rings.